The summed E-state index contributed by atoms with van der Waals surface area (Å²) in [6.07, 6.45) is 4.53. The summed E-state index contributed by atoms with van der Waals surface area (Å²) in [5.74, 6) is 0. The fraction of sp³-hybridized carbons (Fsp3) is 0.267. The summed E-state index contributed by atoms with van der Waals surface area (Å²) >= 11 is 6.02. The van der Waals surface area contributed by atoms with E-state index in [2.05, 4.69) is 9.88 Å². The Kier molecular flexibility index (Phi) is 4.77. The van der Waals surface area contributed by atoms with Gasteiger partial charge in [0, 0.05) is 42.3 Å². The molecule has 0 atom stereocenters. The molecule has 0 aliphatic carbocycles. The zero-order valence-electron chi connectivity index (χ0n) is 10.9. The predicted octanol–water partition coefficient (Wildman–Crippen LogP) is 2.91. The second-order valence-corrected chi connectivity index (χ2v) is 4.89. The summed E-state index contributed by atoms with van der Waals surface area (Å²) in [6.45, 7) is 0.878. The molecule has 2 rings (SSSR count). The number of pyridine rings is 1. The lowest BCUT2D eigenvalue weighted by molar-refractivity contribution is 0.282. The highest BCUT2D eigenvalue weighted by Crippen LogP contribution is 2.24. The first kappa shape index (κ1) is 13.8. The van der Waals surface area contributed by atoms with Gasteiger partial charge in [-0.25, -0.2) is 0 Å². The van der Waals surface area contributed by atoms with E-state index in [-0.39, 0.29) is 6.61 Å². The highest BCUT2D eigenvalue weighted by Gasteiger charge is 2.08. The minimum absolute atomic E-state index is 0.0199. The molecule has 0 fully saturated rings. The van der Waals surface area contributed by atoms with Gasteiger partial charge in [-0.1, -0.05) is 17.7 Å². The Morgan fingerprint density at radius 1 is 1.21 bits per heavy atom. The molecule has 0 spiro atoms. The van der Waals surface area contributed by atoms with Crippen molar-refractivity contribution in [2.75, 3.05) is 18.5 Å². The first-order valence-electron chi connectivity index (χ1n) is 6.20. The maximum absolute atomic E-state index is 9.37. The summed E-state index contributed by atoms with van der Waals surface area (Å²) in [5, 5.41) is 10.0. The number of aromatic nitrogens is 1. The molecule has 0 saturated heterocycles. The molecule has 4 heteroatoms. The van der Waals surface area contributed by atoms with Crippen molar-refractivity contribution in [2.45, 2.75) is 13.0 Å². The van der Waals surface area contributed by atoms with Crippen LogP contribution in [0.5, 0.6) is 0 Å². The lowest BCUT2D eigenvalue weighted by Gasteiger charge is -2.22. The summed E-state index contributed by atoms with van der Waals surface area (Å²) in [6, 6.07) is 9.57. The first-order valence-corrected chi connectivity index (χ1v) is 6.58. The van der Waals surface area contributed by atoms with Gasteiger partial charge in [0.1, 0.15) is 0 Å². The van der Waals surface area contributed by atoms with E-state index in [9.17, 15) is 5.11 Å². The van der Waals surface area contributed by atoms with Crippen LogP contribution in [0.1, 0.15) is 11.1 Å². The zero-order chi connectivity index (χ0) is 13.7. The van der Waals surface area contributed by atoms with Crippen molar-refractivity contribution in [3.05, 3.63) is 58.9 Å². The molecule has 19 heavy (non-hydrogen) atoms. The van der Waals surface area contributed by atoms with Gasteiger partial charge in [-0.15, -0.1) is 0 Å². The van der Waals surface area contributed by atoms with E-state index in [1.807, 2.05) is 31.3 Å². The fourth-order valence-electron chi connectivity index (χ4n) is 1.99. The summed E-state index contributed by atoms with van der Waals surface area (Å²) in [4.78, 5) is 6.11. The number of hydrogen-bond donors (Lipinski definition) is 1. The van der Waals surface area contributed by atoms with Crippen molar-refractivity contribution < 1.29 is 5.11 Å². The van der Waals surface area contributed by atoms with Crippen LogP contribution in [0.2, 0.25) is 5.02 Å². The molecule has 0 unspecified atom stereocenters. The molecule has 1 N–H and O–H groups in total. The number of benzene rings is 1. The van der Waals surface area contributed by atoms with E-state index in [0.717, 1.165) is 24.2 Å². The van der Waals surface area contributed by atoms with Crippen molar-refractivity contribution in [1.82, 2.24) is 4.98 Å². The number of hydrogen-bond acceptors (Lipinski definition) is 3. The fourth-order valence-corrected chi connectivity index (χ4v) is 2.16. The third kappa shape index (κ3) is 3.69. The van der Waals surface area contributed by atoms with Gasteiger partial charge in [0.25, 0.3) is 0 Å². The quantitative estimate of drug-likeness (QED) is 0.912. The Hall–Kier alpha value is -1.58. The molecule has 0 amide bonds. The van der Waals surface area contributed by atoms with Gasteiger partial charge in [0.2, 0.25) is 0 Å². The van der Waals surface area contributed by atoms with Crippen molar-refractivity contribution >= 4 is 17.3 Å². The molecule has 2 aromatic rings. The molecule has 0 aliphatic heterocycles. The minimum atomic E-state index is 0.0199. The number of rotatable bonds is 5. The van der Waals surface area contributed by atoms with E-state index in [1.54, 1.807) is 18.5 Å². The van der Waals surface area contributed by atoms with Gasteiger partial charge in [-0.3, -0.25) is 4.98 Å². The Balaban J connectivity index is 2.07. The van der Waals surface area contributed by atoms with E-state index >= 15 is 0 Å². The van der Waals surface area contributed by atoms with Crippen LogP contribution in [0, 0.1) is 0 Å². The maximum Gasteiger partial charge on any atom is 0.0702 e. The molecule has 1 aromatic heterocycles. The van der Waals surface area contributed by atoms with Crippen LogP contribution in [0.15, 0.2) is 42.7 Å². The molecule has 1 heterocycles. The van der Waals surface area contributed by atoms with E-state index in [4.69, 9.17) is 11.6 Å². The van der Waals surface area contributed by atoms with Gasteiger partial charge in [-0.05, 0) is 36.2 Å². The normalized spacial score (nSPS) is 10.5. The van der Waals surface area contributed by atoms with Crippen LogP contribution in [-0.4, -0.2) is 23.7 Å². The van der Waals surface area contributed by atoms with Gasteiger partial charge >= 0.3 is 0 Å². The standard InChI is InChI=1S/C15H17ClN2O/c1-18(9-6-12-4-7-17-8-5-12)15-10-14(16)3-2-13(15)11-19/h2-5,7-8,10,19H,6,9,11H2,1H3. The van der Waals surface area contributed by atoms with Gasteiger partial charge < -0.3 is 10.0 Å². The van der Waals surface area contributed by atoms with Gasteiger partial charge in [0.15, 0.2) is 0 Å². The summed E-state index contributed by atoms with van der Waals surface area (Å²) in [7, 11) is 2.01. The van der Waals surface area contributed by atoms with Crippen LogP contribution in [-0.2, 0) is 13.0 Å². The molecule has 0 saturated carbocycles. The molecular formula is C15H17ClN2O. The predicted molar refractivity (Wildman–Crippen MR) is 78.6 cm³/mol. The Morgan fingerprint density at radius 3 is 2.63 bits per heavy atom. The Labute approximate surface area is 118 Å². The third-order valence-corrected chi connectivity index (χ3v) is 3.35. The average Bonchev–Trinajstić information content (AvgIpc) is 2.46. The second-order valence-electron chi connectivity index (χ2n) is 4.46. The summed E-state index contributed by atoms with van der Waals surface area (Å²) in [5.41, 5.74) is 3.11. The van der Waals surface area contributed by atoms with Crippen LogP contribution in [0.4, 0.5) is 5.69 Å². The monoisotopic (exact) mass is 276 g/mol. The number of halogens is 1. The van der Waals surface area contributed by atoms with E-state index in [0.29, 0.717) is 5.02 Å². The number of aliphatic hydroxyl groups is 1. The van der Waals surface area contributed by atoms with Crippen molar-refractivity contribution in [2.24, 2.45) is 0 Å². The van der Waals surface area contributed by atoms with E-state index < -0.39 is 0 Å². The third-order valence-electron chi connectivity index (χ3n) is 3.11. The molecular weight excluding hydrogens is 260 g/mol. The Bertz CT molecular complexity index is 531. The number of likely N-dealkylation sites (N-methyl/N-ethyl adjacent to an activating group) is 1. The van der Waals surface area contributed by atoms with Crippen molar-refractivity contribution in [1.29, 1.82) is 0 Å². The van der Waals surface area contributed by atoms with Crippen molar-refractivity contribution in [3.63, 3.8) is 0 Å². The average molecular weight is 277 g/mol. The van der Waals surface area contributed by atoms with Gasteiger partial charge in [0.05, 0.1) is 6.61 Å². The second kappa shape index (κ2) is 6.55. The number of nitrogens with zero attached hydrogens (tertiary/aromatic N) is 2. The highest BCUT2D eigenvalue weighted by molar-refractivity contribution is 6.30. The lowest BCUT2D eigenvalue weighted by Crippen LogP contribution is -2.21. The zero-order valence-corrected chi connectivity index (χ0v) is 11.6. The summed E-state index contributed by atoms with van der Waals surface area (Å²) < 4.78 is 0. The molecule has 3 nitrogen and oxygen atoms in total. The maximum atomic E-state index is 9.37. The molecule has 1 aromatic carbocycles. The molecule has 0 aliphatic rings. The largest absolute Gasteiger partial charge is 0.392 e. The van der Waals surface area contributed by atoms with Gasteiger partial charge in [-0.2, -0.15) is 0 Å². The van der Waals surface area contributed by atoms with Crippen LogP contribution >= 0.6 is 11.6 Å². The molecule has 100 valence electrons. The molecule has 0 radical (unpaired) electrons. The lowest BCUT2D eigenvalue weighted by atomic mass is 10.1. The topological polar surface area (TPSA) is 36.4 Å². The minimum Gasteiger partial charge on any atom is -0.392 e. The Morgan fingerprint density at radius 2 is 1.95 bits per heavy atom. The SMILES string of the molecule is CN(CCc1ccncc1)c1cc(Cl)ccc1CO. The van der Waals surface area contributed by atoms with Crippen LogP contribution < -0.4 is 4.90 Å². The van der Waals surface area contributed by atoms with Crippen LogP contribution in [0.25, 0.3) is 0 Å². The number of anilines is 1. The molecule has 0 bridgehead atoms. The first-order chi connectivity index (χ1) is 9.20. The van der Waals surface area contributed by atoms with E-state index in [1.165, 1.54) is 5.56 Å². The smallest absolute Gasteiger partial charge is 0.0702 e. The number of aliphatic hydroxyl groups excluding tert-OH is 1. The van der Waals surface area contributed by atoms with Crippen molar-refractivity contribution in [3.8, 4) is 0 Å². The van der Waals surface area contributed by atoms with Crippen LogP contribution in [0.3, 0.4) is 0 Å². The highest BCUT2D eigenvalue weighted by atomic mass is 35.5.